The molecule has 10 heteroatoms. The second-order valence-electron chi connectivity index (χ2n) is 7.81. The molecule has 2 amide bonds. The molecule has 0 aromatic heterocycles. The number of para-hydroxylation sites is 1. The Labute approximate surface area is 211 Å². The molecule has 0 bridgehead atoms. The molecule has 35 heavy (non-hydrogen) atoms. The number of aromatic carboxylic acids is 1. The summed E-state index contributed by atoms with van der Waals surface area (Å²) in [6, 6.07) is 12.0. The van der Waals surface area contributed by atoms with Crippen LogP contribution in [0.4, 0.5) is 5.69 Å². The highest BCUT2D eigenvalue weighted by Gasteiger charge is 2.45. The van der Waals surface area contributed by atoms with Crippen molar-refractivity contribution in [2.24, 2.45) is 0 Å². The highest BCUT2D eigenvalue weighted by Crippen LogP contribution is 2.42. The molecular formula is C25H22N2O6S2. The molecule has 2 aliphatic heterocycles. The van der Waals surface area contributed by atoms with Crippen molar-refractivity contribution in [3.05, 3.63) is 69.8 Å². The van der Waals surface area contributed by atoms with E-state index in [2.05, 4.69) is 0 Å². The molecule has 2 aromatic carbocycles. The molecule has 2 aliphatic rings. The van der Waals surface area contributed by atoms with E-state index in [1.807, 2.05) is 37.3 Å². The quantitative estimate of drug-likeness (QED) is 0.454. The second kappa shape index (κ2) is 9.55. The van der Waals surface area contributed by atoms with Gasteiger partial charge in [-0.15, -0.1) is 0 Å². The van der Waals surface area contributed by atoms with Crippen LogP contribution in [0.3, 0.4) is 0 Å². The van der Waals surface area contributed by atoms with Gasteiger partial charge in [0.2, 0.25) is 0 Å². The lowest BCUT2D eigenvalue weighted by molar-refractivity contribution is -0.124. The molecule has 8 nitrogen and oxygen atoms in total. The SMILES string of the molecule is COc1ccc(C=C2SC(=S)N(C3=C(C)C(C)N(c4ccccc4)C3=O)C2=O)c(C(=O)O)c1OC. The molecule has 4 rings (SSSR count). The summed E-state index contributed by atoms with van der Waals surface area (Å²) in [6.07, 6.45) is 1.44. The van der Waals surface area contributed by atoms with E-state index in [0.717, 1.165) is 17.4 Å². The van der Waals surface area contributed by atoms with Crippen LogP contribution in [0, 0.1) is 0 Å². The van der Waals surface area contributed by atoms with E-state index in [1.165, 1.54) is 31.3 Å². The van der Waals surface area contributed by atoms with Crippen LogP contribution in [-0.2, 0) is 9.59 Å². The third-order valence-corrected chi connectivity index (χ3v) is 7.24. The van der Waals surface area contributed by atoms with Crippen molar-refractivity contribution in [3.63, 3.8) is 0 Å². The fraction of sp³-hybridized carbons (Fsp3) is 0.200. The maximum atomic E-state index is 13.4. The largest absolute Gasteiger partial charge is 0.493 e. The number of thiocarbonyl (C=S) groups is 1. The van der Waals surface area contributed by atoms with Gasteiger partial charge in [0.05, 0.1) is 25.2 Å². The van der Waals surface area contributed by atoms with E-state index in [-0.39, 0.29) is 49.5 Å². The van der Waals surface area contributed by atoms with Gasteiger partial charge in [-0.05, 0) is 49.3 Å². The number of rotatable bonds is 6. The van der Waals surface area contributed by atoms with Gasteiger partial charge in [0.25, 0.3) is 11.8 Å². The van der Waals surface area contributed by atoms with Crippen molar-refractivity contribution in [3.8, 4) is 11.5 Å². The molecule has 1 fully saturated rings. The van der Waals surface area contributed by atoms with Crippen molar-refractivity contribution in [1.82, 2.24) is 4.90 Å². The maximum absolute atomic E-state index is 13.4. The molecule has 1 atom stereocenters. The zero-order valence-electron chi connectivity index (χ0n) is 19.4. The first kappa shape index (κ1) is 24.5. The number of thioether (sulfide) groups is 1. The lowest BCUT2D eigenvalue weighted by atomic mass is 10.0. The minimum Gasteiger partial charge on any atom is -0.493 e. The Kier molecular flexibility index (Phi) is 6.68. The van der Waals surface area contributed by atoms with Crippen molar-refractivity contribution >= 4 is 57.8 Å². The third-order valence-electron chi connectivity index (χ3n) is 5.94. The topological polar surface area (TPSA) is 96.4 Å². The standard InChI is InChI=1S/C25H22N2O6S2/c1-13-14(2)26(16-8-6-5-7-9-16)23(29)20(13)27-22(28)18(35-25(27)34)12-15-10-11-17(32-3)21(33-4)19(15)24(30)31/h5-12,14H,1-4H3,(H,30,31). The number of carboxylic acid groups (broad SMARTS) is 1. The van der Waals surface area contributed by atoms with Crippen LogP contribution in [0.15, 0.2) is 58.6 Å². The van der Waals surface area contributed by atoms with Gasteiger partial charge in [-0.2, -0.15) is 0 Å². The Hall–Kier alpha value is -3.63. The summed E-state index contributed by atoms with van der Waals surface area (Å²) in [5.41, 5.74) is 1.76. The van der Waals surface area contributed by atoms with E-state index in [9.17, 15) is 19.5 Å². The number of carbonyl (C=O) groups excluding carboxylic acids is 2. The maximum Gasteiger partial charge on any atom is 0.340 e. The van der Waals surface area contributed by atoms with Crippen LogP contribution in [-0.4, -0.2) is 52.4 Å². The van der Waals surface area contributed by atoms with Gasteiger partial charge in [-0.25, -0.2) is 4.79 Å². The highest BCUT2D eigenvalue weighted by molar-refractivity contribution is 8.26. The van der Waals surface area contributed by atoms with Crippen LogP contribution in [0.5, 0.6) is 11.5 Å². The fourth-order valence-corrected chi connectivity index (χ4v) is 5.40. The van der Waals surface area contributed by atoms with Gasteiger partial charge < -0.3 is 19.5 Å². The number of carboxylic acids is 1. The summed E-state index contributed by atoms with van der Waals surface area (Å²) in [7, 11) is 2.75. The molecular weight excluding hydrogens is 488 g/mol. The summed E-state index contributed by atoms with van der Waals surface area (Å²) < 4.78 is 10.7. The first-order valence-electron chi connectivity index (χ1n) is 10.6. The minimum absolute atomic E-state index is 0.0427. The van der Waals surface area contributed by atoms with Crippen LogP contribution >= 0.6 is 24.0 Å². The molecule has 2 heterocycles. The number of benzene rings is 2. The van der Waals surface area contributed by atoms with Crippen LogP contribution < -0.4 is 14.4 Å². The molecule has 0 radical (unpaired) electrons. The average molecular weight is 511 g/mol. The Balaban J connectivity index is 1.73. The van der Waals surface area contributed by atoms with Gasteiger partial charge in [0, 0.05) is 5.69 Å². The fourth-order valence-electron chi connectivity index (χ4n) is 4.14. The Bertz CT molecular complexity index is 1320. The normalized spacial score (nSPS) is 19.3. The van der Waals surface area contributed by atoms with E-state index >= 15 is 0 Å². The molecule has 1 unspecified atom stereocenters. The van der Waals surface area contributed by atoms with Crippen LogP contribution in [0.25, 0.3) is 6.08 Å². The Morgan fingerprint density at radius 2 is 1.77 bits per heavy atom. The van der Waals surface area contributed by atoms with E-state index in [0.29, 0.717) is 5.57 Å². The smallest absolute Gasteiger partial charge is 0.340 e. The van der Waals surface area contributed by atoms with Gasteiger partial charge in [-0.1, -0.05) is 48.2 Å². The predicted octanol–water partition coefficient (Wildman–Crippen LogP) is 4.31. The zero-order chi connectivity index (χ0) is 25.4. The minimum atomic E-state index is -1.24. The molecule has 1 saturated heterocycles. The van der Waals surface area contributed by atoms with Gasteiger partial charge >= 0.3 is 5.97 Å². The zero-order valence-corrected chi connectivity index (χ0v) is 21.0. The second-order valence-corrected chi connectivity index (χ2v) is 9.48. The lowest BCUT2D eigenvalue weighted by Gasteiger charge is -2.23. The number of hydrogen-bond acceptors (Lipinski definition) is 7. The predicted molar refractivity (Wildman–Crippen MR) is 138 cm³/mol. The van der Waals surface area contributed by atoms with Crippen molar-refractivity contribution in [1.29, 1.82) is 0 Å². The summed E-state index contributed by atoms with van der Waals surface area (Å²) in [5.74, 6) is -1.76. The average Bonchev–Trinajstić information content (AvgIpc) is 3.23. The number of anilines is 1. The molecule has 0 spiro atoms. The first-order valence-corrected chi connectivity index (χ1v) is 11.8. The Morgan fingerprint density at radius 3 is 2.37 bits per heavy atom. The molecule has 0 aliphatic carbocycles. The molecule has 180 valence electrons. The summed E-state index contributed by atoms with van der Waals surface area (Å²) in [5, 5.41) is 9.80. The number of methoxy groups -OCH3 is 2. The van der Waals surface area contributed by atoms with Gasteiger partial charge in [0.15, 0.2) is 15.8 Å². The number of hydrogen-bond donors (Lipinski definition) is 1. The summed E-state index contributed by atoms with van der Waals surface area (Å²) in [4.78, 5) is 42.0. The Morgan fingerprint density at radius 1 is 1.09 bits per heavy atom. The van der Waals surface area contributed by atoms with Crippen molar-refractivity contribution < 1.29 is 29.0 Å². The number of amides is 2. The van der Waals surface area contributed by atoms with Crippen molar-refractivity contribution in [2.45, 2.75) is 19.9 Å². The summed E-state index contributed by atoms with van der Waals surface area (Å²) in [6.45, 7) is 3.70. The number of ether oxygens (including phenoxy) is 2. The van der Waals surface area contributed by atoms with Gasteiger partial charge in [0.1, 0.15) is 11.3 Å². The first-order chi connectivity index (χ1) is 16.7. The van der Waals surface area contributed by atoms with E-state index in [4.69, 9.17) is 21.7 Å². The van der Waals surface area contributed by atoms with Crippen molar-refractivity contribution in [2.75, 3.05) is 19.1 Å². The third kappa shape index (κ3) is 4.08. The molecule has 0 saturated carbocycles. The summed E-state index contributed by atoms with van der Waals surface area (Å²) >= 11 is 6.49. The van der Waals surface area contributed by atoms with E-state index in [1.54, 1.807) is 17.9 Å². The van der Waals surface area contributed by atoms with Crippen LogP contribution in [0.2, 0.25) is 0 Å². The van der Waals surface area contributed by atoms with Gasteiger partial charge in [-0.3, -0.25) is 14.5 Å². The van der Waals surface area contributed by atoms with Crippen LogP contribution in [0.1, 0.15) is 29.8 Å². The number of nitrogens with zero attached hydrogens (tertiary/aromatic N) is 2. The monoisotopic (exact) mass is 510 g/mol. The molecule has 2 aromatic rings. The lowest BCUT2D eigenvalue weighted by Crippen LogP contribution is -2.37. The highest BCUT2D eigenvalue weighted by atomic mass is 32.2. The van der Waals surface area contributed by atoms with E-state index < -0.39 is 11.9 Å². The number of carbonyl (C=O) groups is 3. The molecule has 1 N–H and O–H groups in total.